The van der Waals surface area contributed by atoms with Crippen LogP contribution in [0.2, 0.25) is 0 Å². The quantitative estimate of drug-likeness (QED) is 0.808. The Bertz CT molecular complexity index is 465. The molecule has 4 heteroatoms. The van der Waals surface area contributed by atoms with E-state index in [2.05, 4.69) is 40.9 Å². The van der Waals surface area contributed by atoms with Crippen LogP contribution in [0.3, 0.4) is 0 Å². The van der Waals surface area contributed by atoms with Crippen molar-refractivity contribution in [3.8, 4) is 0 Å². The lowest BCUT2D eigenvalue weighted by atomic mass is 9.79. The van der Waals surface area contributed by atoms with Crippen molar-refractivity contribution in [1.82, 2.24) is 14.7 Å². The Balaban J connectivity index is 1.50. The van der Waals surface area contributed by atoms with Gasteiger partial charge in [0, 0.05) is 32.9 Å². The van der Waals surface area contributed by atoms with Gasteiger partial charge in [-0.05, 0) is 50.0 Å². The van der Waals surface area contributed by atoms with Crippen LogP contribution in [0.4, 0.5) is 0 Å². The first-order valence-corrected chi connectivity index (χ1v) is 8.91. The maximum Gasteiger partial charge on any atom is 0.0805 e. The summed E-state index contributed by atoms with van der Waals surface area (Å²) in [5, 5.41) is 4.61. The summed E-state index contributed by atoms with van der Waals surface area (Å²) in [6.45, 7) is 8.00. The monoisotopic (exact) mass is 305 g/mol. The molecule has 3 rings (SSSR count). The molecule has 2 heterocycles. The maximum atomic E-state index is 5.77. The Hall–Kier alpha value is -0.870. The summed E-state index contributed by atoms with van der Waals surface area (Å²) in [6.07, 6.45) is 11.7. The molecule has 1 aromatic rings. The number of rotatable bonds is 6. The van der Waals surface area contributed by atoms with Gasteiger partial charge in [-0.15, -0.1) is 0 Å². The zero-order valence-corrected chi connectivity index (χ0v) is 14.4. The molecule has 4 nitrogen and oxygen atoms in total. The van der Waals surface area contributed by atoms with Crippen molar-refractivity contribution in [3.63, 3.8) is 0 Å². The SMILES string of the molecule is COC1(CN2CCC(n3cc(CC(C)C)cn3)CC2)CCC1. The second-order valence-corrected chi connectivity index (χ2v) is 7.67. The summed E-state index contributed by atoms with van der Waals surface area (Å²) >= 11 is 0. The van der Waals surface area contributed by atoms with Crippen molar-refractivity contribution in [1.29, 1.82) is 0 Å². The third kappa shape index (κ3) is 3.54. The minimum atomic E-state index is 0.170. The second kappa shape index (κ2) is 6.71. The molecule has 2 fully saturated rings. The van der Waals surface area contributed by atoms with Crippen molar-refractivity contribution < 1.29 is 4.74 Å². The largest absolute Gasteiger partial charge is 0.377 e. The third-order valence-corrected chi connectivity index (χ3v) is 5.44. The van der Waals surface area contributed by atoms with Crippen LogP contribution in [-0.2, 0) is 11.2 Å². The number of hydrogen-bond acceptors (Lipinski definition) is 3. The Morgan fingerprint density at radius 3 is 2.59 bits per heavy atom. The fourth-order valence-electron chi connectivity index (χ4n) is 3.90. The van der Waals surface area contributed by atoms with Crippen LogP contribution >= 0.6 is 0 Å². The molecule has 1 saturated heterocycles. The molecule has 0 unspecified atom stereocenters. The normalized spacial score (nSPS) is 22.9. The molecule has 0 spiro atoms. The van der Waals surface area contributed by atoms with Gasteiger partial charge in [-0.2, -0.15) is 5.10 Å². The van der Waals surface area contributed by atoms with Crippen LogP contribution in [-0.4, -0.2) is 47.0 Å². The van der Waals surface area contributed by atoms with Crippen LogP contribution in [0.5, 0.6) is 0 Å². The Morgan fingerprint density at radius 1 is 1.32 bits per heavy atom. The lowest BCUT2D eigenvalue weighted by Crippen LogP contribution is -2.51. The summed E-state index contributed by atoms with van der Waals surface area (Å²) in [7, 11) is 1.88. The Labute approximate surface area is 134 Å². The van der Waals surface area contributed by atoms with Gasteiger partial charge in [-0.3, -0.25) is 4.68 Å². The number of hydrogen-bond donors (Lipinski definition) is 0. The van der Waals surface area contributed by atoms with Gasteiger partial charge in [0.15, 0.2) is 0 Å². The fraction of sp³-hybridized carbons (Fsp3) is 0.833. The zero-order chi connectivity index (χ0) is 15.6. The summed E-state index contributed by atoms with van der Waals surface area (Å²) in [4.78, 5) is 2.59. The maximum absolute atomic E-state index is 5.77. The standard InChI is InChI=1S/C18H31N3O/c1-15(2)11-16-12-19-21(13-16)17-5-9-20(10-6-17)14-18(22-3)7-4-8-18/h12-13,15,17H,4-11,14H2,1-3H3. The number of piperidine rings is 1. The first kappa shape index (κ1) is 16.0. The Kier molecular flexibility index (Phi) is 4.88. The third-order valence-electron chi connectivity index (χ3n) is 5.44. The molecular formula is C18H31N3O. The molecule has 1 aliphatic carbocycles. The van der Waals surface area contributed by atoms with Crippen LogP contribution in [0.15, 0.2) is 12.4 Å². The summed E-state index contributed by atoms with van der Waals surface area (Å²) in [6, 6.07) is 0.581. The predicted octanol–water partition coefficient (Wildman–Crippen LogP) is 3.29. The minimum Gasteiger partial charge on any atom is -0.377 e. The van der Waals surface area contributed by atoms with E-state index in [0.29, 0.717) is 12.0 Å². The molecule has 0 bridgehead atoms. The highest BCUT2D eigenvalue weighted by atomic mass is 16.5. The molecule has 22 heavy (non-hydrogen) atoms. The zero-order valence-electron chi connectivity index (χ0n) is 14.4. The smallest absolute Gasteiger partial charge is 0.0805 e. The first-order valence-electron chi connectivity index (χ1n) is 8.91. The molecule has 0 N–H and O–H groups in total. The minimum absolute atomic E-state index is 0.170. The van der Waals surface area contributed by atoms with E-state index in [1.807, 2.05) is 7.11 Å². The lowest BCUT2D eigenvalue weighted by Gasteiger charge is -2.45. The van der Waals surface area contributed by atoms with Gasteiger partial charge in [0.25, 0.3) is 0 Å². The van der Waals surface area contributed by atoms with Crippen LogP contribution in [0, 0.1) is 5.92 Å². The molecule has 1 aliphatic heterocycles. The van der Waals surface area contributed by atoms with E-state index in [4.69, 9.17) is 4.74 Å². The number of methoxy groups -OCH3 is 1. The highest BCUT2D eigenvalue weighted by Crippen LogP contribution is 2.36. The van der Waals surface area contributed by atoms with Crippen LogP contribution < -0.4 is 0 Å². The van der Waals surface area contributed by atoms with E-state index in [1.54, 1.807) is 0 Å². The molecule has 124 valence electrons. The fourth-order valence-corrected chi connectivity index (χ4v) is 3.90. The van der Waals surface area contributed by atoms with E-state index in [0.717, 1.165) is 13.0 Å². The highest BCUT2D eigenvalue weighted by Gasteiger charge is 2.39. The molecule has 2 aliphatic rings. The van der Waals surface area contributed by atoms with Crippen molar-refractivity contribution in [2.45, 2.75) is 64.0 Å². The summed E-state index contributed by atoms with van der Waals surface area (Å²) in [5.74, 6) is 0.701. The van der Waals surface area contributed by atoms with E-state index in [-0.39, 0.29) is 5.60 Å². The molecule has 1 saturated carbocycles. The molecule has 1 aromatic heterocycles. The van der Waals surface area contributed by atoms with Gasteiger partial charge in [-0.25, -0.2) is 0 Å². The number of aromatic nitrogens is 2. The van der Waals surface area contributed by atoms with Crippen LogP contribution in [0.25, 0.3) is 0 Å². The average Bonchev–Trinajstić information content (AvgIpc) is 2.91. The number of ether oxygens (including phenoxy) is 1. The van der Waals surface area contributed by atoms with Gasteiger partial charge in [0.05, 0.1) is 17.8 Å². The van der Waals surface area contributed by atoms with E-state index < -0.39 is 0 Å². The highest BCUT2D eigenvalue weighted by molar-refractivity contribution is 5.05. The summed E-state index contributed by atoms with van der Waals surface area (Å²) in [5.41, 5.74) is 1.55. The van der Waals surface area contributed by atoms with Crippen molar-refractivity contribution in [2.75, 3.05) is 26.7 Å². The van der Waals surface area contributed by atoms with Crippen molar-refractivity contribution in [3.05, 3.63) is 18.0 Å². The molecule has 0 atom stereocenters. The van der Waals surface area contributed by atoms with Crippen molar-refractivity contribution in [2.24, 2.45) is 5.92 Å². The van der Waals surface area contributed by atoms with Crippen molar-refractivity contribution >= 4 is 0 Å². The molecule has 0 aromatic carbocycles. The average molecular weight is 305 g/mol. The molecule has 0 amide bonds. The van der Waals surface area contributed by atoms with E-state index in [1.165, 1.54) is 50.8 Å². The Morgan fingerprint density at radius 2 is 2.05 bits per heavy atom. The number of nitrogens with zero attached hydrogens (tertiary/aromatic N) is 3. The van der Waals surface area contributed by atoms with Gasteiger partial charge in [-0.1, -0.05) is 13.8 Å². The predicted molar refractivity (Wildman–Crippen MR) is 89.1 cm³/mol. The van der Waals surface area contributed by atoms with Gasteiger partial charge < -0.3 is 9.64 Å². The van der Waals surface area contributed by atoms with Gasteiger partial charge in [0.1, 0.15) is 0 Å². The van der Waals surface area contributed by atoms with Crippen LogP contribution in [0.1, 0.15) is 57.6 Å². The summed E-state index contributed by atoms with van der Waals surface area (Å²) < 4.78 is 7.98. The lowest BCUT2D eigenvalue weighted by molar-refractivity contribution is -0.0947. The van der Waals surface area contributed by atoms with E-state index >= 15 is 0 Å². The van der Waals surface area contributed by atoms with Gasteiger partial charge >= 0.3 is 0 Å². The number of likely N-dealkylation sites (tertiary alicyclic amines) is 1. The topological polar surface area (TPSA) is 30.3 Å². The second-order valence-electron chi connectivity index (χ2n) is 7.67. The van der Waals surface area contributed by atoms with E-state index in [9.17, 15) is 0 Å². The first-order chi connectivity index (χ1) is 10.6. The molecular weight excluding hydrogens is 274 g/mol. The van der Waals surface area contributed by atoms with Gasteiger partial charge in [0.2, 0.25) is 0 Å². The molecule has 0 radical (unpaired) electrons.